The van der Waals surface area contributed by atoms with Crippen LogP contribution in [-0.2, 0) is 4.74 Å². The van der Waals surface area contributed by atoms with Gasteiger partial charge in [0, 0.05) is 17.5 Å². The first kappa shape index (κ1) is 19.3. The number of fused-ring (bicyclic) bond motifs is 3. The third kappa shape index (κ3) is 3.50. The van der Waals surface area contributed by atoms with Crippen molar-refractivity contribution in [1.82, 2.24) is 0 Å². The maximum absolute atomic E-state index is 11.4. The van der Waals surface area contributed by atoms with E-state index in [4.69, 9.17) is 13.9 Å². The molecule has 150 valence electrons. The van der Waals surface area contributed by atoms with Crippen LogP contribution < -0.4 is 10.4 Å². The highest BCUT2D eigenvalue weighted by atomic mass is 16.5. The number of hydrogen-bond donors (Lipinski definition) is 0. The van der Waals surface area contributed by atoms with Crippen LogP contribution in [0.2, 0.25) is 0 Å². The Kier molecular flexibility index (Phi) is 4.86. The summed E-state index contributed by atoms with van der Waals surface area (Å²) in [5.74, 6) is 1.31. The monoisotopic (exact) mass is 382 g/mol. The van der Waals surface area contributed by atoms with E-state index >= 15 is 0 Å². The Bertz CT molecular complexity index is 950. The van der Waals surface area contributed by atoms with E-state index in [1.165, 1.54) is 24.5 Å². The van der Waals surface area contributed by atoms with E-state index in [1.54, 1.807) is 12.1 Å². The van der Waals surface area contributed by atoms with Crippen LogP contribution >= 0.6 is 0 Å². The Morgan fingerprint density at radius 2 is 2.04 bits per heavy atom. The fraction of sp³-hybridized carbons (Fsp3) is 0.542. The van der Waals surface area contributed by atoms with Crippen LogP contribution in [0.4, 0.5) is 0 Å². The van der Waals surface area contributed by atoms with Crippen LogP contribution in [0.5, 0.6) is 5.75 Å². The van der Waals surface area contributed by atoms with Crippen LogP contribution in [0.3, 0.4) is 0 Å². The number of allylic oxidation sites excluding steroid dienone is 1. The smallest absolute Gasteiger partial charge is 0.336 e. The molecular weight excluding hydrogens is 352 g/mol. The highest BCUT2D eigenvalue weighted by Crippen LogP contribution is 2.59. The van der Waals surface area contributed by atoms with Gasteiger partial charge in [0.15, 0.2) is 0 Å². The van der Waals surface area contributed by atoms with Crippen molar-refractivity contribution in [2.24, 2.45) is 11.3 Å². The van der Waals surface area contributed by atoms with Crippen molar-refractivity contribution in [3.8, 4) is 5.75 Å². The summed E-state index contributed by atoms with van der Waals surface area (Å²) in [5, 5.41) is 0.892. The number of ether oxygens (including phenoxy) is 2. The topological polar surface area (TPSA) is 48.7 Å². The minimum absolute atomic E-state index is 0.0555. The molecule has 2 saturated heterocycles. The predicted molar refractivity (Wildman–Crippen MR) is 111 cm³/mol. The van der Waals surface area contributed by atoms with E-state index in [1.807, 2.05) is 12.1 Å². The van der Waals surface area contributed by atoms with Gasteiger partial charge in [0.05, 0.1) is 11.7 Å². The number of hydrogen-bond acceptors (Lipinski definition) is 4. The molecule has 4 heteroatoms. The zero-order chi connectivity index (χ0) is 19.9. The van der Waals surface area contributed by atoms with Gasteiger partial charge in [-0.2, -0.15) is 0 Å². The van der Waals surface area contributed by atoms with Gasteiger partial charge in [0.25, 0.3) is 0 Å². The largest absolute Gasteiger partial charge is 0.489 e. The summed E-state index contributed by atoms with van der Waals surface area (Å²) in [7, 11) is 0. The summed E-state index contributed by atoms with van der Waals surface area (Å²) in [6, 6.07) is 8.77. The molecule has 3 heterocycles. The Morgan fingerprint density at radius 3 is 2.79 bits per heavy atom. The highest BCUT2D eigenvalue weighted by molar-refractivity contribution is 5.77. The molecule has 1 aromatic carbocycles. The molecule has 0 radical (unpaired) electrons. The van der Waals surface area contributed by atoms with Gasteiger partial charge in [-0.05, 0) is 75.1 Å². The molecule has 0 saturated carbocycles. The van der Waals surface area contributed by atoms with Crippen LogP contribution in [0.15, 0.2) is 51.2 Å². The fourth-order valence-electron chi connectivity index (χ4n) is 5.21. The highest BCUT2D eigenvalue weighted by Gasteiger charge is 2.60. The van der Waals surface area contributed by atoms with Gasteiger partial charge >= 0.3 is 5.63 Å². The maximum atomic E-state index is 11.4. The zero-order valence-corrected chi connectivity index (χ0v) is 17.3. The fourth-order valence-corrected chi connectivity index (χ4v) is 5.21. The molecule has 2 aromatic rings. The summed E-state index contributed by atoms with van der Waals surface area (Å²) >= 11 is 0. The van der Waals surface area contributed by atoms with Crippen molar-refractivity contribution >= 4 is 11.0 Å². The number of rotatable bonds is 6. The normalized spacial score (nSPS) is 28.8. The van der Waals surface area contributed by atoms with Crippen LogP contribution in [0, 0.1) is 11.3 Å². The first-order valence-corrected chi connectivity index (χ1v) is 10.3. The third-order valence-corrected chi connectivity index (χ3v) is 6.88. The molecule has 0 spiro atoms. The quantitative estimate of drug-likeness (QED) is 0.489. The lowest BCUT2D eigenvalue weighted by Gasteiger charge is -2.39. The molecule has 2 aliphatic heterocycles. The van der Waals surface area contributed by atoms with E-state index in [0.29, 0.717) is 30.0 Å². The first-order chi connectivity index (χ1) is 13.3. The standard InChI is InChI=1S/C24H30O4/c1-16(5-9-20-23(2,3)21-11-13-24(20,4)28-21)12-14-26-18-8-6-17-7-10-22(25)27-19(17)15-18/h6-8,10,12,15,20-21H,5,9,11,13-14H2,1-4H3/b16-12-. The van der Waals surface area contributed by atoms with E-state index in [9.17, 15) is 4.79 Å². The second kappa shape index (κ2) is 7.07. The lowest BCUT2D eigenvalue weighted by Crippen LogP contribution is -2.40. The van der Waals surface area contributed by atoms with Gasteiger partial charge in [0.2, 0.25) is 0 Å². The van der Waals surface area contributed by atoms with Crippen LogP contribution in [0.25, 0.3) is 11.0 Å². The Labute approximate surface area is 166 Å². The molecule has 0 N–H and O–H groups in total. The molecular formula is C24H30O4. The molecule has 1 aromatic heterocycles. The molecule has 2 bridgehead atoms. The molecule has 0 aliphatic carbocycles. The van der Waals surface area contributed by atoms with E-state index in [0.717, 1.165) is 18.2 Å². The van der Waals surface area contributed by atoms with Crippen LogP contribution in [0.1, 0.15) is 53.4 Å². The van der Waals surface area contributed by atoms with E-state index in [-0.39, 0.29) is 16.6 Å². The third-order valence-electron chi connectivity index (χ3n) is 6.88. The second-order valence-corrected chi connectivity index (χ2v) is 9.19. The first-order valence-electron chi connectivity index (χ1n) is 10.3. The molecule has 2 aliphatic rings. The van der Waals surface area contributed by atoms with E-state index in [2.05, 4.69) is 33.8 Å². The molecule has 28 heavy (non-hydrogen) atoms. The minimum atomic E-state index is -0.346. The van der Waals surface area contributed by atoms with Gasteiger partial charge in [-0.15, -0.1) is 0 Å². The van der Waals surface area contributed by atoms with Crippen molar-refractivity contribution in [3.63, 3.8) is 0 Å². The average Bonchev–Trinajstić information content (AvgIpc) is 3.12. The van der Waals surface area contributed by atoms with Crippen molar-refractivity contribution in [3.05, 3.63) is 52.4 Å². The summed E-state index contributed by atoms with van der Waals surface area (Å²) in [6.07, 6.45) is 7.18. The van der Waals surface area contributed by atoms with Gasteiger partial charge < -0.3 is 13.9 Å². The molecule has 3 atom stereocenters. The summed E-state index contributed by atoms with van der Waals surface area (Å²) in [6.45, 7) is 9.72. The predicted octanol–water partition coefficient (Wildman–Crippen LogP) is 5.49. The molecule has 2 fully saturated rings. The summed E-state index contributed by atoms with van der Waals surface area (Å²) in [4.78, 5) is 11.4. The Morgan fingerprint density at radius 1 is 1.25 bits per heavy atom. The Balaban J connectivity index is 1.33. The van der Waals surface area contributed by atoms with Crippen LogP contribution in [-0.4, -0.2) is 18.3 Å². The summed E-state index contributed by atoms with van der Waals surface area (Å²) < 4.78 is 17.4. The molecule has 4 nitrogen and oxygen atoms in total. The molecule has 0 amide bonds. The molecule has 4 rings (SSSR count). The molecule has 3 unspecified atom stereocenters. The summed E-state index contributed by atoms with van der Waals surface area (Å²) in [5.41, 5.74) is 1.87. The van der Waals surface area contributed by atoms with Gasteiger partial charge in [-0.1, -0.05) is 19.4 Å². The Hall–Kier alpha value is -2.07. The maximum Gasteiger partial charge on any atom is 0.336 e. The lowest BCUT2D eigenvalue weighted by atomic mass is 9.62. The van der Waals surface area contributed by atoms with Crippen molar-refractivity contribution in [1.29, 1.82) is 0 Å². The minimum Gasteiger partial charge on any atom is -0.489 e. The second-order valence-electron chi connectivity index (χ2n) is 9.19. The van der Waals surface area contributed by atoms with Gasteiger partial charge in [0.1, 0.15) is 17.9 Å². The zero-order valence-electron chi connectivity index (χ0n) is 17.3. The van der Waals surface area contributed by atoms with Gasteiger partial charge in [-0.3, -0.25) is 0 Å². The van der Waals surface area contributed by atoms with Gasteiger partial charge in [-0.25, -0.2) is 4.79 Å². The van der Waals surface area contributed by atoms with Crippen molar-refractivity contribution in [2.45, 2.75) is 65.1 Å². The van der Waals surface area contributed by atoms with Crippen molar-refractivity contribution in [2.75, 3.05) is 6.61 Å². The SMILES string of the molecule is C/C(=C/COc1ccc2ccc(=O)oc2c1)CCC1C2(C)CCC(O2)C1(C)C. The average molecular weight is 383 g/mol. The number of benzene rings is 1. The van der Waals surface area contributed by atoms with E-state index < -0.39 is 0 Å². The lowest BCUT2D eigenvalue weighted by molar-refractivity contribution is 0.00469. The van der Waals surface area contributed by atoms with Crippen molar-refractivity contribution < 1.29 is 13.9 Å².